The predicted octanol–water partition coefficient (Wildman–Crippen LogP) is 2.78. The zero-order valence-corrected chi connectivity index (χ0v) is 18.2. The molecule has 1 amide bonds. The lowest BCUT2D eigenvalue weighted by Gasteiger charge is -2.29. The zero-order valence-electron chi connectivity index (χ0n) is 18.2. The molecule has 0 unspecified atom stereocenters. The second-order valence-electron chi connectivity index (χ2n) is 8.21. The number of aromatic nitrogens is 3. The molecule has 5 rings (SSSR count). The number of carbonyl (C=O) groups excluding carboxylic acids is 1. The standard InChI is InChI=1S/C26H24N4O3/c31-23(28-16-7-11-20-10-4-5-12-21(20)28)18-30-22-13-6-15-27-24(22)25(32)29(26(30)33)17-14-19-8-2-1-3-9-19/h1-6,8-10,12-13,15H,7,11,14,16-18H2. The quantitative estimate of drug-likeness (QED) is 0.478. The number of anilines is 1. The largest absolute Gasteiger partial charge is 0.332 e. The maximum absolute atomic E-state index is 13.4. The average molecular weight is 441 g/mol. The summed E-state index contributed by atoms with van der Waals surface area (Å²) in [6.07, 6.45) is 3.86. The Kier molecular flexibility index (Phi) is 5.60. The normalized spacial score (nSPS) is 13.2. The number of hydrogen-bond donors (Lipinski definition) is 0. The SMILES string of the molecule is O=C(Cn1c(=O)n(CCc2ccccc2)c(=O)c2ncccc21)N1CCCc2ccccc21. The first-order valence-electron chi connectivity index (χ1n) is 11.1. The molecular weight excluding hydrogens is 416 g/mol. The molecule has 0 spiro atoms. The Labute approximate surface area is 190 Å². The third-order valence-electron chi connectivity index (χ3n) is 6.16. The van der Waals surface area contributed by atoms with Gasteiger partial charge in [-0.15, -0.1) is 0 Å². The number of rotatable bonds is 5. The van der Waals surface area contributed by atoms with E-state index in [4.69, 9.17) is 0 Å². The van der Waals surface area contributed by atoms with Gasteiger partial charge in [0.2, 0.25) is 5.91 Å². The second-order valence-corrected chi connectivity index (χ2v) is 8.21. The fourth-order valence-corrected chi connectivity index (χ4v) is 4.49. The Morgan fingerprint density at radius 2 is 1.70 bits per heavy atom. The topological polar surface area (TPSA) is 77.2 Å². The van der Waals surface area contributed by atoms with E-state index in [0.717, 1.165) is 29.7 Å². The number of benzene rings is 2. The molecule has 0 atom stereocenters. The van der Waals surface area contributed by atoms with E-state index in [1.54, 1.807) is 17.0 Å². The Morgan fingerprint density at radius 1 is 0.909 bits per heavy atom. The molecule has 33 heavy (non-hydrogen) atoms. The minimum absolute atomic E-state index is 0.152. The second kappa shape index (κ2) is 8.86. The number of para-hydroxylation sites is 1. The van der Waals surface area contributed by atoms with Crippen molar-refractivity contribution >= 4 is 22.6 Å². The van der Waals surface area contributed by atoms with Crippen LogP contribution in [0.15, 0.2) is 82.5 Å². The van der Waals surface area contributed by atoms with Gasteiger partial charge in [-0.05, 0) is 48.6 Å². The summed E-state index contributed by atoms with van der Waals surface area (Å²) in [5.41, 5.74) is 2.69. The Bertz CT molecular complexity index is 1440. The molecule has 0 saturated carbocycles. The van der Waals surface area contributed by atoms with E-state index >= 15 is 0 Å². The van der Waals surface area contributed by atoms with Gasteiger partial charge in [0.1, 0.15) is 6.54 Å². The molecule has 1 aliphatic rings. The number of aryl methyl sites for hydroxylation is 2. The van der Waals surface area contributed by atoms with E-state index in [1.165, 1.54) is 15.3 Å². The van der Waals surface area contributed by atoms with Crippen molar-refractivity contribution in [1.29, 1.82) is 0 Å². The van der Waals surface area contributed by atoms with Gasteiger partial charge in [-0.25, -0.2) is 9.78 Å². The van der Waals surface area contributed by atoms with Crippen LogP contribution >= 0.6 is 0 Å². The molecule has 0 N–H and O–H groups in total. The fourth-order valence-electron chi connectivity index (χ4n) is 4.49. The predicted molar refractivity (Wildman–Crippen MR) is 128 cm³/mol. The maximum Gasteiger partial charge on any atom is 0.332 e. The monoisotopic (exact) mass is 440 g/mol. The van der Waals surface area contributed by atoms with Crippen molar-refractivity contribution in [2.24, 2.45) is 0 Å². The molecule has 7 heteroatoms. The third kappa shape index (κ3) is 3.98. The van der Waals surface area contributed by atoms with E-state index in [1.807, 2.05) is 54.6 Å². The van der Waals surface area contributed by atoms with Crippen molar-refractivity contribution in [1.82, 2.24) is 14.1 Å². The third-order valence-corrected chi connectivity index (χ3v) is 6.16. The van der Waals surface area contributed by atoms with Gasteiger partial charge in [0.25, 0.3) is 5.56 Å². The van der Waals surface area contributed by atoms with E-state index in [2.05, 4.69) is 4.98 Å². The highest BCUT2D eigenvalue weighted by Crippen LogP contribution is 2.27. The summed E-state index contributed by atoms with van der Waals surface area (Å²) >= 11 is 0. The Balaban J connectivity index is 1.53. The molecule has 1 aliphatic heterocycles. The van der Waals surface area contributed by atoms with Crippen molar-refractivity contribution in [2.45, 2.75) is 32.4 Å². The van der Waals surface area contributed by atoms with Crippen LogP contribution < -0.4 is 16.1 Å². The summed E-state index contributed by atoms with van der Waals surface area (Å²) in [6.45, 7) is 0.671. The van der Waals surface area contributed by atoms with E-state index in [-0.39, 0.29) is 24.5 Å². The molecule has 2 aromatic heterocycles. The van der Waals surface area contributed by atoms with Gasteiger partial charge in [-0.3, -0.25) is 18.7 Å². The molecule has 3 heterocycles. The molecule has 2 aromatic carbocycles. The van der Waals surface area contributed by atoms with Crippen LogP contribution in [-0.4, -0.2) is 26.6 Å². The van der Waals surface area contributed by atoms with Crippen LogP contribution in [0, 0.1) is 0 Å². The molecule has 4 aromatic rings. The van der Waals surface area contributed by atoms with E-state index in [0.29, 0.717) is 18.5 Å². The lowest BCUT2D eigenvalue weighted by atomic mass is 10.0. The number of amides is 1. The number of hydrogen-bond acceptors (Lipinski definition) is 4. The molecular formula is C26H24N4O3. The summed E-state index contributed by atoms with van der Waals surface area (Å²) < 4.78 is 2.58. The molecule has 0 bridgehead atoms. The van der Waals surface area contributed by atoms with Crippen LogP contribution in [0.5, 0.6) is 0 Å². The Morgan fingerprint density at radius 3 is 2.55 bits per heavy atom. The minimum atomic E-state index is -0.491. The van der Waals surface area contributed by atoms with Crippen molar-refractivity contribution in [3.8, 4) is 0 Å². The summed E-state index contributed by atoms with van der Waals surface area (Å²) in [7, 11) is 0. The van der Waals surface area contributed by atoms with Gasteiger partial charge in [0.05, 0.1) is 5.52 Å². The van der Waals surface area contributed by atoms with Crippen LogP contribution in [0.25, 0.3) is 11.0 Å². The van der Waals surface area contributed by atoms with Crippen molar-refractivity contribution < 1.29 is 4.79 Å². The molecule has 0 fully saturated rings. The van der Waals surface area contributed by atoms with E-state index < -0.39 is 11.2 Å². The molecule has 0 saturated heterocycles. The zero-order chi connectivity index (χ0) is 22.8. The molecule has 0 radical (unpaired) electrons. The van der Waals surface area contributed by atoms with Crippen LogP contribution in [0.3, 0.4) is 0 Å². The summed E-state index contributed by atoms with van der Waals surface area (Å²) in [5.74, 6) is -0.178. The number of fused-ring (bicyclic) bond motifs is 2. The van der Waals surface area contributed by atoms with Gasteiger partial charge in [-0.2, -0.15) is 0 Å². The van der Waals surface area contributed by atoms with Crippen molar-refractivity contribution in [3.05, 3.63) is 105 Å². The van der Waals surface area contributed by atoms with Crippen molar-refractivity contribution in [2.75, 3.05) is 11.4 Å². The lowest BCUT2D eigenvalue weighted by Crippen LogP contribution is -2.45. The molecule has 7 nitrogen and oxygen atoms in total. The smallest absolute Gasteiger partial charge is 0.311 e. The minimum Gasteiger partial charge on any atom is -0.311 e. The highest BCUT2D eigenvalue weighted by molar-refractivity contribution is 5.95. The van der Waals surface area contributed by atoms with Crippen molar-refractivity contribution in [3.63, 3.8) is 0 Å². The molecule has 166 valence electrons. The first-order valence-corrected chi connectivity index (χ1v) is 11.1. The number of carbonyl (C=O) groups is 1. The van der Waals surface area contributed by atoms with E-state index in [9.17, 15) is 14.4 Å². The highest BCUT2D eigenvalue weighted by atomic mass is 16.2. The van der Waals surface area contributed by atoms with Crippen LogP contribution in [0.2, 0.25) is 0 Å². The first-order chi connectivity index (χ1) is 16.1. The first kappa shape index (κ1) is 20.9. The highest BCUT2D eigenvalue weighted by Gasteiger charge is 2.24. The van der Waals surface area contributed by atoms with Gasteiger partial charge >= 0.3 is 5.69 Å². The van der Waals surface area contributed by atoms with Crippen LogP contribution in [0.4, 0.5) is 5.69 Å². The van der Waals surface area contributed by atoms with Gasteiger partial charge < -0.3 is 4.90 Å². The van der Waals surface area contributed by atoms with Crippen LogP contribution in [0.1, 0.15) is 17.5 Å². The average Bonchev–Trinajstić information content (AvgIpc) is 2.86. The Hall–Kier alpha value is -4.00. The summed E-state index contributed by atoms with van der Waals surface area (Å²) in [5, 5.41) is 0. The van der Waals surface area contributed by atoms with Gasteiger partial charge in [-0.1, -0.05) is 48.5 Å². The lowest BCUT2D eigenvalue weighted by molar-refractivity contribution is -0.119. The van der Waals surface area contributed by atoms with Crippen LogP contribution in [-0.2, 0) is 30.7 Å². The van der Waals surface area contributed by atoms with Gasteiger partial charge in [0.15, 0.2) is 5.52 Å². The maximum atomic E-state index is 13.4. The summed E-state index contributed by atoms with van der Waals surface area (Å²) in [6, 6.07) is 20.9. The summed E-state index contributed by atoms with van der Waals surface area (Å²) in [4.78, 5) is 45.8. The number of pyridine rings is 1. The number of nitrogens with zero attached hydrogens (tertiary/aromatic N) is 4. The molecule has 0 aliphatic carbocycles. The fraction of sp³-hybridized carbons (Fsp3) is 0.231. The van der Waals surface area contributed by atoms with Gasteiger partial charge in [0, 0.05) is 25.0 Å².